The third-order valence-electron chi connectivity index (χ3n) is 14.0. The van der Waals surface area contributed by atoms with Crippen molar-refractivity contribution in [1.29, 1.82) is 0 Å². The Bertz CT molecular complexity index is 3180. The van der Waals surface area contributed by atoms with Crippen molar-refractivity contribution in [3.8, 4) is 33.4 Å². The highest BCUT2D eigenvalue weighted by Gasteiger charge is 2.38. The van der Waals surface area contributed by atoms with E-state index in [0.29, 0.717) is 6.42 Å². The minimum Gasteiger partial charge on any atom is -0.310 e. The van der Waals surface area contributed by atoms with Crippen LogP contribution in [0, 0.1) is 5.82 Å². The monoisotopic (exact) mass is 827 g/mol. The third kappa shape index (κ3) is 6.95. The van der Waals surface area contributed by atoms with Crippen LogP contribution in [0.4, 0.5) is 21.5 Å². The molecule has 0 radical (unpaired) electrons. The molecule has 9 aromatic carbocycles. The van der Waals surface area contributed by atoms with Crippen LogP contribution < -0.4 is 4.90 Å². The quantitative estimate of drug-likeness (QED) is 0.140. The van der Waals surface area contributed by atoms with Gasteiger partial charge < -0.3 is 4.90 Å². The van der Waals surface area contributed by atoms with E-state index < -0.39 is 0 Å². The minimum absolute atomic E-state index is 0.0862. The van der Waals surface area contributed by atoms with Crippen LogP contribution in [0.2, 0.25) is 0 Å². The summed E-state index contributed by atoms with van der Waals surface area (Å²) in [4.78, 5) is 2.40. The molecule has 1 unspecified atom stereocenters. The normalized spacial score (nSPS) is 13.9. The first-order chi connectivity index (χ1) is 31.3. The van der Waals surface area contributed by atoms with Crippen LogP contribution in [-0.2, 0) is 24.7 Å². The molecule has 1 atom stereocenters. The molecule has 0 N–H and O–H groups in total. The summed E-state index contributed by atoms with van der Waals surface area (Å²) in [6.07, 6.45) is 3.81. The van der Waals surface area contributed by atoms with Gasteiger partial charge in [0.15, 0.2) is 0 Å². The van der Waals surface area contributed by atoms with E-state index in [1.165, 1.54) is 60.8 Å². The maximum Gasteiger partial charge on any atom is 0.124 e. The third-order valence-corrected chi connectivity index (χ3v) is 14.0. The van der Waals surface area contributed by atoms with Crippen LogP contribution >= 0.6 is 0 Å². The fourth-order valence-corrected chi connectivity index (χ4v) is 10.7. The number of anilines is 3. The molecule has 0 spiro atoms. The molecule has 0 saturated heterocycles. The van der Waals surface area contributed by atoms with E-state index >= 15 is 4.39 Å². The molecule has 0 bridgehead atoms. The van der Waals surface area contributed by atoms with Crippen molar-refractivity contribution < 1.29 is 4.39 Å². The van der Waals surface area contributed by atoms with Gasteiger partial charge in [-0.25, -0.2) is 4.39 Å². The van der Waals surface area contributed by atoms with Crippen molar-refractivity contribution in [2.45, 2.75) is 50.9 Å². The number of allylic oxidation sites excluding steroid dienone is 1. The van der Waals surface area contributed by atoms with Gasteiger partial charge in [0.05, 0.1) is 5.69 Å². The summed E-state index contributed by atoms with van der Waals surface area (Å²) in [6, 6.07) is 71.3. The molecule has 0 heterocycles. The second-order valence-corrected chi connectivity index (χ2v) is 18.2. The number of rotatable bonds is 9. The second-order valence-electron chi connectivity index (χ2n) is 18.2. The molecular formula is C62H50FN. The van der Waals surface area contributed by atoms with Crippen molar-refractivity contribution in [3.63, 3.8) is 0 Å². The van der Waals surface area contributed by atoms with E-state index in [9.17, 15) is 0 Å². The van der Waals surface area contributed by atoms with Crippen molar-refractivity contribution in [2.24, 2.45) is 0 Å². The summed E-state index contributed by atoms with van der Waals surface area (Å²) in [5, 5.41) is 2.46. The average Bonchev–Trinajstić information content (AvgIpc) is 3.43. The molecular weight excluding hydrogens is 778 g/mol. The first-order valence-electron chi connectivity index (χ1n) is 22.7. The summed E-state index contributed by atoms with van der Waals surface area (Å²) in [5.74, 6) is -0.308. The summed E-state index contributed by atoms with van der Waals surface area (Å²) < 4.78 is 15.6. The first-order valence-corrected chi connectivity index (χ1v) is 22.7. The zero-order chi connectivity index (χ0) is 43.4. The lowest BCUT2D eigenvalue weighted by molar-refractivity contribution is 0.625. The van der Waals surface area contributed by atoms with Crippen molar-refractivity contribution in [3.05, 3.63) is 252 Å². The van der Waals surface area contributed by atoms with Gasteiger partial charge in [0.1, 0.15) is 5.82 Å². The van der Waals surface area contributed by atoms with Crippen LogP contribution in [0.3, 0.4) is 0 Å². The van der Waals surface area contributed by atoms with Gasteiger partial charge >= 0.3 is 0 Å². The molecule has 2 heteroatoms. The predicted molar refractivity (Wildman–Crippen MR) is 267 cm³/mol. The summed E-state index contributed by atoms with van der Waals surface area (Å²) in [5.41, 5.74) is 19.9. The van der Waals surface area contributed by atoms with Gasteiger partial charge in [0.25, 0.3) is 0 Å². The lowest BCUT2D eigenvalue weighted by Gasteiger charge is -2.30. The van der Waals surface area contributed by atoms with E-state index in [1.54, 1.807) is 12.1 Å². The standard InChI is InChI=1S/C62H50FN/c1-41(57(36-42-34-48(38-49(63)35-42)43-18-7-4-8-19-43)47-31-32-53-46(37-47)22-17-21-44-20-13-14-27-52(44)53)45-30-33-56-58(39-45)62(2,3)59-40-60(54-28-15-16-29-55(54)61(56)59)64(50-23-9-5-10-24-50)51-25-11-6-12-26-51/h4-16,18-20,23-35,37-40,57H,1,17,21-22,36H2,2-3H3. The molecule has 9 aromatic rings. The lowest BCUT2D eigenvalue weighted by atomic mass is 9.78. The summed E-state index contributed by atoms with van der Waals surface area (Å²) in [7, 11) is 0. The highest BCUT2D eigenvalue weighted by atomic mass is 19.1. The molecule has 0 saturated carbocycles. The van der Waals surface area contributed by atoms with E-state index in [1.807, 2.05) is 18.2 Å². The molecule has 0 amide bonds. The van der Waals surface area contributed by atoms with E-state index in [4.69, 9.17) is 6.58 Å². The number of para-hydroxylation sites is 2. The Morgan fingerprint density at radius 3 is 1.94 bits per heavy atom. The number of fused-ring (bicyclic) bond motifs is 8. The Hall–Kier alpha value is -7.29. The Balaban J connectivity index is 1.03. The van der Waals surface area contributed by atoms with E-state index in [0.717, 1.165) is 64.2 Å². The molecule has 11 rings (SSSR count). The zero-order valence-electron chi connectivity index (χ0n) is 36.5. The number of nitrogens with zero attached hydrogens (tertiary/aromatic N) is 1. The smallest absolute Gasteiger partial charge is 0.124 e. The molecule has 64 heavy (non-hydrogen) atoms. The Morgan fingerprint density at radius 1 is 0.562 bits per heavy atom. The van der Waals surface area contributed by atoms with E-state index in [2.05, 4.69) is 189 Å². The largest absolute Gasteiger partial charge is 0.310 e. The fourth-order valence-electron chi connectivity index (χ4n) is 10.7. The summed E-state index contributed by atoms with van der Waals surface area (Å²) in [6.45, 7) is 9.69. The molecule has 0 aliphatic heterocycles. The number of aryl methyl sites for hydroxylation is 2. The predicted octanol–water partition coefficient (Wildman–Crippen LogP) is 16.6. The van der Waals surface area contributed by atoms with Crippen LogP contribution in [-0.4, -0.2) is 0 Å². The van der Waals surface area contributed by atoms with Crippen LogP contribution in [0.1, 0.15) is 65.1 Å². The number of hydrogen-bond acceptors (Lipinski definition) is 1. The highest BCUT2D eigenvalue weighted by Crippen LogP contribution is 2.55. The van der Waals surface area contributed by atoms with Crippen molar-refractivity contribution in [1.82, 2.24) is 0 Å². The minimum atomic E-state index is -0.307. The van der Waals surface area contributed by atoms with Crippen LogP contribution in [0.25, 0.3) is 49.7 Å². The van der Waals surface area contributed by atoms with Gasteiger partial charge in [0, 0.05) is 28.1 Å². The van der Waals surface area contributed by atoms with Gasteiger partial charge in [-0.2, -0.15) is 0 Å². The Morgan fingerprint density at radius 2 is 1.19 bits per heavy atom. The van der Waals surface area contributed by atoms with Crippen molar-refractivity contribution >= 4 is 33.4 Å². The molecule has 0 fully saturated rings. The number of hydrogen-bond donors (Lipinski definition) is 0. The molecule has 310 valence electrons. The first kappa shape index (κ1) is 39.5. The maximum atomic E-state index is 15.6. The number of halogens is 1. The van der Waals surface area contributed by atoms with Gasteiger partial charge in [0.2, 0.25) is 0 Å². The van der Waals surface area contributed by atoms with Gasteiger partial charge in [-0.1, -0.05) is 172 Å². The van der Waals surface area contributed by atoms with Crippen molar-refractivity contribution in [2.75, 3.05) is 4.90 Å². The van der Waals surface area contributed by atoms with Gasteiger partial charge in [-0.05, 0) is 157 Å². The SMILES string of the molecule is C=C(c1ccc2c(c1)C(C)(C)c1cc(N(c3ccccc3)c3ccccc3)c3ccccc3c1-2)C(Cc1cc(F)cc(-c2ccccc2)c1)c1ccc2c(c1)CCCc1ccccc1-2. The Kier molecular flexibility index (Phi) is 9.96. The molecule has 1 nitrogen and oxygen atoms in total. The van der Waals surface area contributed by atoms with Crippen LogP contribution in [0.15, 0.2) is 207 Å². The second kappa shape index (κ2) is 16.1. The molecule has 0 aromatic heterocycles. The number of benzene rings is 9. The molecule has 2 aliphatic carbocycles. The Labute approximate surface area is 376 Å². The lowest BCUT2D eigenvalue weighted by Crippen LogP contribution is -2.17. The maximum absolute atomic E-state index is 15.6. The van der Waals surface area contributed by atoms with E-state index in [-0.39, 0.29) is 17.2 Å². The highest BCUT2D eigenvalue weighted by molar-refractivity contribution is 6.10. The average molecular weight is 828 g/mol. The topological polar surface area (TPSA) is 3.24 Å². The van der Waals surface area contributed by atoms with Gasteiger partial charge in [-0.15, -0.1) is 0 Å². The fraction of sp³-hybridized carbons (Fsp3) is 0.129. The van der Waals surface area contributed by atoms with Gasteiger partial charge in [-0.3, -0.25) is 0 Å². The van der Waals surface area contributed by atoms with Crippen LogP contribution in [0.5, 0.6) is 0 Å². The molecule has 2 aliphatic rings. The summed E-state index contributed by atoms with van der Waals surface area (Å²) >= 11 is 0. The zero-order valence-corrected chi connectivity index (χ0v) is 36.5.